The number of ether oxygens (including phenoxy) is 2. The van der Waals surface area contributed by atoms with E-state index in [1.165, 1.54) is 56.9 Å². The first kappa shape index (κ1) is 25.7. The standard InChI is InChI=1S/C31H48O3/c1-7-19-33-29(32)34-24-15-17-30(5)23(20-24)11-12-25-27-14-13-26(22(4)10-8-9-21(2)3)31(27,6)18-16-28(25)30/h1,11,21-22,24-28H,8-10,12-20H2,2-6H3/t22-,24?,25?,26-,27?,28?,30+,31-/m1/s1. The minimum atomic E-state index is -0.617. The van der Waals surface area contributed by atoms with Gasteiger partial charge in [-0.25, -0.2) is 4.79 Å². The Morgan fingerprint density at radius 2 is 1.91 bits per heavy atom. The minimum absolute atomic E-state index is 0.0206. The Kier molecular flexibility index (Phi) is 7.76. The highest BCUT2D eigenvalue weighted by Gasteiger charge is 2.59. The molecule has 4 aliphatic carbocycles. The predicted molar refractivity (Wildman–Crippen MR) is 138 cm³/mol. The third-order valence-electron chi connectivity index (χ3n) is 10.8. The number of allylic oxidation sites excluding steroid dienone is 1. The van der Waals surface area contributed by atoms with Crippen molar-refractivity contribution in [2.75, 3.05) is 6.61 Å². The lowest BCUT2D eigenvalue weighted by molar-refractivity contribution is -0.0612. The topological polar surface area (TPSA) is 35.5 Å². The Balaban J connectivity index is 1.42. The van der Waals surface area contributed by atoms with Crippen LogP contribution in [0.25, 0.3) is 0 Å². The number of carbonyl (C=O) groups is 1. The van der Waals surface area contributed by atoms with Crippen LogP contribution in [0.15, 0.2) is 11.6 Å². The minimum Gasteiger partial charge on any atom is -0.431 e. The first-order chi connectivity index (χ1) is 16.2. The van der Waals surface area contributed by atoms with Crippen molar-refractivity contribution in [2.24, 2.45) is 46.3 Å². The molecular formula is C31H48O3. The molecule has 4 unspecified atom stereocenters. The molecule has 0 aromatic heterocycles. The zero-order valence-corrected chi connectivity index (χ0v) is 22.4. The summed E-state index contributed by atoms with van der Waals surface area (Å²) in [5, 5.41) is 0. The molecule has 3 heteroatoms. The van der Waals surface area contributed by atoms with Crippen molar-refractivity contribution >= 4 is 6.16 Å². The van der Waals surface area contributed by atoms with Gasteiger partial charge in [-0.05, 0) is 91.3 Å². The predicted octanol–water partition coefficient (Wildman–Crippen LogP) is 8.18. The molecule has 3 saturated carbocycles. The van der Waals surface area contributed by atoms with Crippen molar-refractivity contribution < 1.29 is 14.3 Å². The fraction of sp³-hybridized carbons (Fsp3) is 0.839. The number of terminal acetylenes is 1. The van der Waals surface area contributed by atoms with Crippen molar-refractivity contribution in [1.29, 1.82) is 0 Å². The number of fused-ring (bicyclic) bond motifs is 5. The van der Waals surface area contributed by atoms with Crippen LogP contribution in [0.2, 0.25) is 0 Å². The van der Waals surface area contributed by atoms with Gasteiger partial charge in [0.25, 0.3) is 0 Å². The van der Waals surface area contributed by atoms with Crippen molar-refractivity contribution in [3.8, 4) is 12.3 Å². The summed E-state index contributed by atoms with van der Waals surface area (Å²) in [6.45, 7) is 12.4. The fourth-order valence-corrected chi connectivity index (χ4v) is 9.02. The number of hydrogen-bond acceptors (Lipinski definition) is 3. The molecule has 0 aromatic rings. The summed E-state index contributed by atoms with van der Waals surface area (Å²) in [6, 6.07) is 0. The summed E-state index contributed by atoms with van der Waals surface area (Å²) in [4.78, 5) is 11.9. The summed E-state index contributed by atoms with van der Waals surface area (Å²) in [7, 11) is 0. The van der Waals surface area contributed by atoms with Gasteiger partial charge < -0.3 is 9.47 Å². The van der Waals surface area contributed by atoms with Crippen LogP contribution in [0.3, 0.4) is 0 Å². The van der Waals surface area contributed by atoms with E-state index in [1.807, 2.05) is 0 Å². The van der Waals surface area contributed by atoms with E-state index in [4.69, 9.17) is 15.9 Å². The molecule has 0 radical (unpaired) electrons. The van der Waals surface area contributed by atoms with Crippen LogP contribution in [0.5, 0.6) is 0 Å². The van der Waals surface area contributed by atoms with Gasteiger partial charge in [-0.15, -0.1) is 6.42 Å². The second kappa shape index (κ2) is 10.3. The van der Waals surface area contributed by atoms with E-state index >= 15 is 0 Å². The highest BCUT2D eigenvalue weighted by Crippen LogP contribution is 2.67. The lowest BCUT2D eigenvalue weighted by Gasteiger charge is -2.58. The molecule has 3 fully saturated rings. The molecule has 4 rings (SSSR count). The Hall–Kier alpha value is -1.43. The number of rotatable bonds is 7. The zero-order chi connectivity index (χ0) is 24.5. The molecule has 0 heterocycles. The molecule has 34 heavy (non-hydrogen) atoms. The van der Waals surface area contributed by atoms with Gasteiger partial charge >= 0.3 is 6.16 Å². The molecule has 8 atom stereocenters. The van der Waals surface area contributed by atoms with Gasteiger partial charge in [0, 0.05) is 6.42 Å². The summed E-state index contributed by atoms with van der Waals surface area (Å²) < 4.78 is 10.5. The maximum Gasteiger partial charge on any atom is 0.509 e. The molecular weight excluding hydrogens is 420 g/mol. The molecule has 0 aliphatic heterocycles. The van der Waals surface area contributed by atoms with E-state index in [1.54, 1.807) is 0 Å². The largest absolute Gasteiger partial charge is 0.509 e. The summed E-state index contributed by atoms with van der Waals surface area (Å²) in [5.41, 5.74) is 2.34. The Bertz CT molecular complexity index is 806. The van der Waals surface area contributed by atoms with Crippen molar-refractivity contribution in [2.45, 2.75) is 111 Å². The molecule has 0 bridgehead atoms. The van der Waals surface area contributed by atoms with Crippen molar-refractivity contribution in [1.82, 2.24) is 0 Å². The normalized spacial score (nSPS) is 39.8. The van der Waals surface area contributed by atoms with Crippen LogP contribution in [0.4, 0.5) is 4.79 Å². The number of hydrogen-bond donors (Lipinski definition) is 0. The van der Waals surface area contributed by atoms with E-state index in [0.29, 0.717) is 5.41 Å². The Morgan fingerprint density at radius 1 is 1.12 bits per heavy atom. The molecule has 4 aliphatic rings. The third-order valence-corrected chi connectivity index (χ3v) is 10.8. The third kappa shape index (κ3) is 4.81. The van der Waals surface area contributed by atoms with E-state index in [9.17, 15) is 4.79 Å². The van der Waals surface area contributed by atoms with Gasteiger partial charge in [0.15, 0.2) is 6.61 Å². The first-order valence-corrected chi connectivity index (χ1v) is 14.2. The van der Waals surface area contributed by atoms with Crippen LogP contribution in [-0.2, 0) is 9.47 Å². The summed E-state index contributed by atoms with van der Waals surface area (Å²) in [6.07, 6.45) is 21.0. The van der Waals surface area contributed by atoms with Crippen LogP contribution in [0.1, 0.15) is 105 Å². The smallest absolute Gasteiger partial charge is 0.431 e. The van der Waals surface area contributed by atoms with E-state index in [2.05, 4.69) is 46.6 Å². The van der Waals surface area contributed by atoms with E-state index in [0.717, 1.165) is 54.8 Å². The van der Waals surface area contributed by atoms with Crippen molar-refractivity contribution in [3.63, 3.8) is 0 Å². The molecule has 0 saturated heterocycles. The van der Waals surface area contributed by atoms with Gasteiger partial charge in [0.1, 0.15) is 6.10 Å². The van der Waals surface area contributed by atoms with Crippen LogP contribution >= 0.6 is 0 Å². The Labute approximate surface area is 208 Å². The molecule has 3 nitrogen and oxygen atoms in total. The quantitative estimate of drug-likeness (QED) is 0.215. The first-order valence-electron chi connectivity index (χ1n) is 14.2. The molecule has 0 N–H and O–H groups in total. The Morgan fingerprint density at radius 3 is 2.65 bits per heavy atom. The fourth-order valence-electron chi connectivity index (χ4n) is 9.02. The highest BCUT2D eigenvalue weighted by atomic mass is 16.7. The number of carbonyl (C=O) groups excluding carboxylic acids is 1. The SMILES string of the molecule is C#CCOC(=O)OC1CC[C@@]2(C)C(=CCC3C2CC[C@@]2(C)C3CC[C@@H]2[C@H](C)CCCC(C)C)C1. The molecule has 0 spiro atoms. The van der Waals surface area contributed by atoms with Crippen LogP contribution in [0, 0.1) is 58.7 Å². The maximum absolute atomic E-state index is 11.9. The average Bonchev–Trinajstić information content (AvgIpc) is 3.15. The lowest BCUT2D eigenvalue weighted by Crippen LogP contribution is -2.51. The second-order valence-electron chi connectivity index (χ2n) is 13.0. The molecule has 0 amide bonds. The van der Waals surface area contributed by atoms with Gasteiger partial charge in [-0.2, -0.15) is 0 Å². The van der Waals surface area contributed by atoms with Gasteiger partial charge in [0.2, 0.25) is 0 Å². The average molecular weight is 469 g/mol. The zero-order valence-electron chi connectivity index (χ0n) is 22.4. The van der Waals surface area contributed by atoms with Crippen LogP contribution in [-0.4, -0.2) is 18.9 Å². The highest BCUT2D eigenvalue weighted by molar-refractivity contribution is 5.60. The van der Waals surface area contributed by atoms with Gasteiger partial charge in [-0.1, -0.05) is 71.5 Å². The lowest BCUT2D eigenvalue weighted by atomic mass is 9.47. The van der Waals surface area contributed by atoms with E-state index in [-0.39, 0.29) is 18.1 Å². The summed E-state index contributed by atoms with van der Waals surface area (Å²) in [5.74, 6) is 7.42. The van der Waals surface area contributed by atoms with E-state index < -0.39 is 6.16 Å². The van der Waals surface area contributed by atoms with Crippen molar-refractivity contribution in [3.05, 3.63) is 11.6 Å². The molecule has 0 aromatic carbocycles. The monoisotopic (exact) mass is 468 g/mol. The van der Waals surface area contributed by atoms with Gasteiger partial charge in [0.05, 0.1) is 0 Å². The summed E-state index contributed by atoms with van der Waals surface area (Å²) >= 11 is 0. The van der Waals surface area contributed by atoms with Crippen LogP contribution < -0.4 is 0 Å². The maximum atomic E-state index is 11.9. The van der Waals surface area contributed by atoms with Gasteiger partial charge in [-0.3, -0.25) is 0 Å². The second-order valence-corrected chi connectivity index (χ2v) is 13.0. The molecule has 190 valence electrons.